The van der Waals surface area contributed by atoms with Crippen LogP contribution in [0.5, 0.6) is 11.5 Å². The average molecular weight is 256 g/mol. The Balaban J connectivity index is 2.10. The third-order valence-electron chi connectivity index (χ3n) is 2.78. The molecule has 1 amide bonds. The Morgan fingerprint density at radius 3 is 1.89 bits per heavy atom. The molecule has 2 aromatic carbocycles. The molecule has 0 unspecified atom stereocenters. The van der Waals surface area contributed by atoms with E-state index in [0.717, 1.165) is 11.3 Å². The van der Waals surface area contributed by atoms with Gasteiger partial charge in [0.2, 0.25) is 5.91 Å². The quantitative estimate of drug-likeness (QED) is 0.882. The van der Waals surface area contributed by atoms with Crippen molar-refractivity contribution in [3.05, 3.63) is 59.7 Å². The Morgan fingerprint density at radius 1 is 1.00 bits per heavy atom. The van der Waals surface area contributed by atoms with Crippen molar-refractivity contribution in [3.63, 3.8) is 0 Å². The van der Waals surface area contributed by atoms with Gasteiger partial charge in [-0.25, -0.2) is 0 Å². The third-order valence-corrected chi connectivity index (χ3v) is 2.78. The molecule has 19 heavy (non-hydrogen) atoms. The molecule has 0 bridgehead atoms. The molecule has 0 radical (unpaired) electrons. The van der Waals surface area contributed by atoms with Crippen LogP contribution in [0, 0.1) is 0 Å². The molecule has 0 aliphatic carbocycles. The molecule has 0 fully saturated rings. The average Bonchev–Trinajstić information content (AvgIpc) is 2.40. The number of carbonyl (C=O) groups excluding carboxylic acids is 1. The van der Waals surface area contributed by atoms with Gasteiger partial charge in [-0.05, 0) is 48.9 Å². The van der Waals surface area contributed by atoms with Crippen molar-refractivity contribution in [2.24, 2.45) is 11.5 Å². The van der Waals surface area contributed by atoms with E-state index in [1.54, 1.807) is 24.3 Å². The lowest BCUT2D eigenvalue weighted by molar-refractivity contribution is 0.100. The minimum absolute atomic E-state index is 0.00361. The zero-order valence-corrected chi connectivity index (χ0v) is 10.7. The number of hydrogen-bond acceptors (Lipinski definition) is 3. The van der Waals surface area contributed by atoms with Crippen molar-refractivity contribution in [1.29, 1.82) is 0 Å². The Bertz CT molecular complexity index is 560. The molecule has 0 spiro atoms. The summed E-state index contributed by atoms with van der Waals surface area (Å²) in [6, 6.07) is 14.3. The van der Waals surface area contributed by atoms with Gasteiger partial charge in [0, 0.05) is 11.6 Å². The lowest BCUT2D eigenvalue weighted by Crippen LogP contribution is -2.10. The first-order valence-electron chi connectivity index (χ1n) is 5.99. The van der Waals surface area contributed by atoms with Crippen molar-refractivity contribution in [1.82, 2.24) is 0 Å². The van der Waals surface area contributed by atoms with Crippen LogP contribution in [0.1, 0.15) is 28.9 Å². The summed E-state index contributed by atoms with van der Waals surface area (Å²) in [6.45, 7) is 1.93. The molecule has 0 aliphatic rings. The third kappa shape index (κ3) is 3.33. The zero-order chi connectivity index (χ0) is 13.8. The van der Waals surface area contributed by atoms with Gasteiger partial charge in [-0.2, -0.15) is 0 Å². The number of rotatable bonds is 4. The maximum absolute atomic E-state index is 10.9. The Hall–Kier alpha value is -2.33. The summed E-state index contributed by atoms with van der Waals surface area (Å²) < 4.78 is 5.65. The maximum Gasteiger partial charge on any atom is 0.248 e. The summed E-state index contributed by atoms with van der Waals surface area (Å²) in [4.78, 5) is 10.9. The van der Waals surface area contributed by atoms with Gasteiger partial charge in [-0.1, -0.05) is 12.1 Å². The van der Waals surface area contributed by atoms with E-state index in [4.69, 9.17) is 16.2 Å². The van der Waals surface area contributed by atoms with E-state index in [-0.39, 0.29) is 6.04 Å². The predicted molar refractivity (Wildman–Crippen MR) is 74.1 cm³/mol. The van der Waals surface area contributed by atoms with Crippen molar-refractivity contribution < 1.29 is 9.53 Å². The fraction of sp³-hybridized carbons (Fsp3) is 0.133. The van der Waals surface area contributed by atoms with Gasteiger partial charge in [-0.15, -0.1) is 0 Å². The Labute approximate surface area is 112 Å². The Kier molecular flexibility index (Phi) is 3.82. The molecular weight excluding hydrogens is 240 g/mol. The maximum atomic E-state index is 10.9. The predicted octanol–water partition coefficient (Wildman–Crippen LogP) is 2.60. The van der Waals surface area contributed by atoms with Crippen LogP contribution in [0.25, 0.3) is 0 Å². The SMILES string of the molecule is C[C@@H](N)c1ccc(Oc2ccc(C(N)=O)cc2)cc1. The number of primary amides is 1. The Morgan fingerprint density at radius 2 is 1.47 bits per heavy atom. The summed E-state index contributed by atoms with van der Waals surface area (Å²) >= 11 is 0. The van der Waals surface area contributed by atoms with Gasteiger partial charge in [0.15, 0.2) is 0 Å². The van der Waals surface area contributed by atoms with E-state index in [2.05, 4.69) is 0 Å². The van der Waals surface area contributed by atoms with E-state index in [1.165, 1.54) is 0 Å². The summed E-state index contributed by atoms with van der Waals surface area (Å²) in [7, 11) is 0. The minimum atomic E-state index is -0.451. The fourth-order valence-corrected chi connectivity index (χ4v) is 1.66. The van der Waals surface area contributed by atoms with Gasteiger partial charge in [0.1, 0.15) is 11.5 Å². The fourth-order valence-electron chi connectivity index (χ4n) is 1.66. The highest BCUT2D eigenvalue weighted by Crippen LogP contribution is 2.23. The van der Waals surface area contributed by atoms with Gasteiger partial charge < -0.3 is 16.2 Å². The normalized spacial score (nSPS) is 11.9. The van der Waals surface area contributed by atoms with E-state index >= 15 is 0 Å². The number of carbonyl (C=O) groups is 1. The molecule has 0 heterocycles. The molecule has 4 N–H and O–H groups in total. The van der Waals surface area contributed by atoms with Crippen molar-refractivity contribution in [2.45, 2.75) is 13.0 Å². The molecule has 2 aromatic rings. The second kappa shape index (κ2) is 5.54. The van der Waals surface area contributed by atoms with Crippen LogP contribution in [0.2, 0.25) is 0 Å². The highest BCUT2D eigenvalue weighted by Gasteiger charge is 2.03. The van der Waals surface area contributed by atoms with Crippen LogP contribution < -0.4 is 16.2 Å². The topological polar surface area (TPSA) is 78.3 Å². The van der Waals surface area contributed by atoms with Gasteiger partial charge in [0.25, 0.3) is 0 Å². The van der Waals surface area contributed by atoms with Gasteiger partial charge in [-0.3, -0.25) is 4.79 Å². The number of hydrogen-bond donors (Lipinski definition) is 2. The van der Waals surface area contributed by atoms with Crippen LogP contribution in [0.3, 0.4) is 0 Å². The lowest BCUT2D eigenvalue weighted by atomic mass is 10.1. The van der Waals surface area contributed by atoms with E-state index in [9.17, 15) is 4.79 Å². The summed E-state index contributed by atoms with van der Waals surface area (Å²) in [6.07, 6.45) is 0. The number of amides is 1. The standard InChI is InChI=1S/C15H16N2O2/c1-10(16)11-2-6-13(7-3-11)19-14-8-4-12(5-9-14)15(17)18/h2-10H,16H2,1H3,(H2,17,18)/t10-/m1/s1. The summed E-state index contributed by atoms with van der Waals surface area (Å²) in [5.41, 5.74) is 12.5. The van der Waals surface area contributed by atoms with Crippen LogP contribution in [0.4, 0.5) is 0 Å². The van der Waals surface area contributed by atoms with Crippen molar-refractivity contribution >= 4 is 5.91 Å². The number of nitrogens with two attached hydrogens (primary N) is 2. The first-order chi connectivity index (χ1) is 9.06. The summed E-state index contributed by atoms with van der Waals surface area (Å²) in [5, 5.41) is 0. The highest BCUT2D eigenvalue weighted by molar-refractivity contribution is 5.92. The van der Waals surface area contributed by atoms with Crippen LogP contribution in [-0.4, -0.2) is 5.91 Å². The number of benzene rings is 2. The van der Waals surface area contributed by atoms with Crippen molar-refractivity contribution in [3.8, 4) is 11.5 Å². The van der Waals surface area contributed by atoms with E-state index in [1.807, 2.05) is 31.2 Å². The second-order valence-electron chi connectivity index (χ2n) is 4.35. The molecule has 0 aliphatic heterocycles. The molecular formula is C15H16N2O2. The molecule has 0 aromatic heterocycles. The summed E-state index contributed by atoms with van der Waals surface area (Å²) in [5.74, 6) is 0.919. The van der Waals surface area contributed by atoms with Crippen LogP contribution >= 0.6 is 0 Å². The molecule has 4 heteroatoms. The second-order valence-corrected chi connectivity index (χ2v) is 4.35. The monoisotopic (exact) mass is 256 g/mol. The molecule has 0 saturated carbocycles. The lowest BCUT2D eigenvalue weighted by Gasteiger charge is -2.08. The minimum Gasteiger partial charge on any atom is -0.457 e. The van der Waals surface area contributed by atoms with Crippen LogP contribution in [-0.2, 0) is 0 Å². The molecule has 4 nitrogen and oxygen atoms in total. The van der Waals surface area contributed by atoms with Crippen LogP contribution in [0.15, 0.2) is 48.5 Å². The molecule has 0 saturated heterocycles. The molecule has 2 rings (SSSR count). The van der Waals surface area contributed by atoms with Crippen molar-refractivity contribution in [2.75, 3.05) is 0 Å². The molecule has 98 valence electrons. The molecule has 1 atom stereocenters. The van der Waals surface area contributed by atoms with E-state index in [0.29, 0.717) is 11.3 Å². The smallest absolute Gasteiger partial charge is 0.248 e. The van der Waals surface area contributed by atoms with Gasteiger partial charge >= 0.3 is 0 Å². The first kappa shape index (κ1) is 13.1. The zero-order valence-electron chi connectivity index (χ0n) is 10.7. The highest BCUT2D eigenvalue weighted by atomic mass is 16.5. The largest absolute Gasteiger partial charge is 0.457 e. The van der Waals surface area contributed by atoms with Gasteiger partial charge in [0.05, 0.1) is 0 Å². The van der Waals surface area contributed by atoms with E-state index < -0.39 is 5.91 Å². The first-order valence-corrected chi connectivity index (χ1v) is 5.99. The number of ether oxygens (including phenoxy) is 1.